The predicted octanol–water partition coefficient (Wildman–Crippen LogP) is 2.16. The molecule has 1 fully saturated rings. The first kappa shape index (κ1) is 19.0. The zero-order valence-electron chi connectivity index (χ0n) is 17.6. The number of hydrogen-bond donors (Lipinski definition) is 1. The molecule has 1 N–H and O–H groups in total. The van der Waals surface area contributed by atoms with Crippen molar-refractivity contribution in [1.29, 1.82) is 0 Å². The summed E-state index contributed by atoms with van der Waals surface area (Å²) in [5.74, 6) is 1.20. The molecule has 1 aromatic carbocycles. The van der Waals surface area contributed by atoms with Crippen molar-refractivity contribution in [2.75, 3.05) is 13.2 Å². The van der Waals surface area contributed by atoms with Crippen molar-refractivity contribution >= 4 is 16.9 Å². The van der Waals surface area contributed by atoms with Crippen LogP contribution in [0.25, 0.3) is 16.7 Å². The lowest BCUT2D eigenvalue weighted by molar-refractivity contribution is 0.0965. The molecule has 9 heteroatoms. The minimum Gasteiger partial charge on any atom is -0.470 e. The van der Waals surface area contributed by atoms with E-state index in [-0.39, 0.29) is 12.0 Å². The maximum Gasteiger partial charge on any atom is 0.251 e. The molecule has 0 radical (unpaired) electrons. The SMILES string of the molecule is Cn1cc(-n2ccc3nc(Cc4ccc5c(c4)CNC5=O)nc(O[C@H]4CCOC4)c32)cn1. The summed E-state index contributed by atoms with van der Waals surface area (Å²) in [6.07, 6.45) is 7.05. The number of aromatic nitrogens is 5. The van der Waals surface area contributed by atoms with Crippen LogP contribution in [0.15, 0.2) is 42.9 Å². The second-order valence-electron chi connectivity index (χ2n) is 8.19. The fraction of sp³-hybridized carbons (Fsp3) is 0.304. The summed E-state index contributed by atoms with van der Waals surface area (Å²) < 4.78 is 15.6. The molecule has 0 aliphatic carbocycles. The van der Waals surface area contributed by atoms with Gasteiger partial charge in [-0.25, -0.2) is 4.98 Å². The number of carbonyl (C=O) groups is 1. The molecule has 4 aromatic rings. The molecule has 1 atom stereocenters. The first-order valence-electron chi connectivity index (χ1n) is 10.7. The predicted molar refractivity (Wildman–Crippen MR) is 116 cm³/mol. The van der Waals surface area contributed by atoms with Gasteiger partial charge in [-0.2, -0.15) is 10.1 Å². The number of amides is 1. The molecule has 6 rings (SSSR count). The van der Waals surface area contributed by atoms with E-state index in [2.05, 4.69) is 10.4 Å². The Morgan fingerprint density at radius 1 is 1.28 bits per heavy atom. The fourth-order valence-electron chi connectivity index (χ4n) is 4.31. The molecular weight excluding hydrogens is 408 g/mol. The van der Waals surface area contributed by atoms with Crippen molar-refractivity contribution in [3.63, 3.8) is 0 Å². The summed E-state index contributed by atoms with van der Waals surface area (Å²) in [6, 6.07) is 7.85. The first-order chi connectivity index (χ1) is 15.6. The summed E-state index contributed by atoms with van der Waals surface area (Å²) >= 11 is 0. The summed E-state index contributed by atoms with van der Waals surface area (Å²) in [5.41, 5.74) is 5.35. The Bertz CT molecular complexity index is 1340. The molecular formula is C23H22N6O3. The topological polar surface area (TPSA) is 96.1 Å². The largest absolute Gasteiger partial charge is 0.470 e. The molecule has 32 heavy (non-hydrogen) atoms. The summed E-state index contributed by atoms with van der Waals surface area (Å²) in [6.45, 7) is 1.81. The molecule has 1 amide bonds. The average molecular weight is 430 g/mol. The number of hydrogen-bond acceptors (Lipinski definition) is 6. The smallest absolute Gasteiger partial charge is 0.251 e. The molecule has 3 aromatic heterocycles. The molecule has 2 aliphatic heterocycles. The summed E-state index contributed by atoms with van der Waals surface area (Å²) in [7, 11) is 1.89. The zero-order valence-corrected chi connectivity index (χ0v) is 17.6. The van der Waals surface area contributed by atoms with Crippen LogP contribution in [0.5, 0.6) is 5.88 Å². The first-order valence-corrected chi connectivity index (χ1v) is 10.7. The van der Waals surface area contributed by atoms with Gasteiger partial charge in [0.25, 0.3) is 5.91 Å². The van der Waals surface area contributed by atoms with E-state index >= 15 is 0 Å². The number of nitrogens with one attached hydrogen (secondary N) is 1. The van der Waals surface area contributed by atoms with Gasteiger partial charge < -0.3 is 19.4 Å². The number of fused-ring (bicyclic) bond motifs is 2. The normalized spacial score (nSPS) is 17.7. The molecule has 0 unspecified atom stereocenters. The van der Waals surface area contributed by atoms with Crippen molar-refractivity contribution in [2.24, 2.45) is 7.05 Å². The van der Waals surface area contributed by atoms with Gasteiger partial charge in [-0.15, -0.1) is 0 Å². The van der Waals surface area contributed by atoms with Crippen LogP contribution in [-0.4, -0.2) is 49.5 Å². The van der Waals surface area contributed by atoms with Crippen molar-refractivity contribution in [3.8, 4) is 11.6 Å². The Morgan fingerprint density at radius 2 is 2.22 bits per heavy atom. The minimum atomic E-state index is -0.0321. The zero-order chi connectivity index (χ0) is 21.7. The van der Waals surface area contributed by atoms with Crippen molar-refractivity contribution in [2.45, 2.75) is 25.5 Å². The number of rotatable bonds is 5. The summed E-state index contributed by atoms with van der Waals surface area (Å²) in [5, 5.41) is 7.14. The van der Waals surface area contributed by atoms with Gasteiger partial charge in [0, 0.05) is 44.4 Å². The Balaban J connectivity index is 1.40. The lowest BCUT2D eigenvalue weighted by Gasteiger charge is -2.14. The lowest BCUT2D eigenvalue weighted by Crippen LogP contribution is -2.18. The Kier molecular flexibility index (Phi) is 4.43. The third-order valence-corrected chi connectivity index (χ3v) is 5.90. The number of benzene rings is 1. The van der Waals surface area contributed by atoms with E-state index in [1.165, 1.54) is 0 Å². The van der Waals surface area contributed by atoms with Crippen LogP contribution in [0.3, 0.4) is 0 Å². The number of aryl methyl sites for hydroxylation is 1. The molecule has 1 saturated heterocycles. The van der Waals surface area contributed by atoms with Gasteiger partial charge in [0.05, 0.1) is 30.6 Å². The molecule has 162 valence electrons. The average Bonchev–Trinajstić information content (AvgIpc) is 3.56. The van der Waals surface area contributed by atoms with Gasteiger partial charge in [-0.1, -0.05) is 12.1 Å². The maximum absolute atomic E-state index is 11.8. The Morgan fingerprint density at radius 3 is 3.03 bits per heavy atom. The quantitative estimate of drug-likeness (QED) is 0.521. The van der Waals surface area contributed by atoms with Crippen LogP contribution in [-0.2, 0) is 24.8 Å². The highest BCUT2D eigenvalue weighted by atomic mass is 16.5. The third-order valence-electron chi connectivity index (χ3n) is 5.90. The highest BCUT2D eigenvalue weighted by Crippen LogP contribution is 2.29. The van der Waals surface area contributed by atoms with Crippen LogP contribution in [0.2, 0.25) is 0 Å². The van der Waals surface area contributed by atoms with E-state index in [1.54, 1.807) is 10.9 Å². The fourth-order valence-corrected chi connectivity index (χ4v) is 4.31. The van der Waals surface area contributed by atoms with Crippen molar-refractivity contribution in [3.05, 3.63) is 65.4 Å². The third kappa shape index (κ3) is 3.31. The molecule has 2 aliphatic rings. The van der Waals surface area contributed by atoms with Crippen LogP contribution in [0, 0.1) is 0 Å². The number of nitrogens with zero attached hydrogens (tertiary/aromatic N) is 5. The lowest BCUT2D eigenvalue weighted by atomic mass is 10.0. The van der Waals surface area contributed by atoms with E-state index in [0.717, 1.165) is 39.8 Å². The monoisotopic (exact) mass is 430 g/mol. The second-order valence-corrected chi connectivity index (χ2v) is 8.19. The van der Waals surface area contributed by atoms with Gasteiger partial charge in [-0.05, 0) is 23.3 Å². The van der Waals surface area contributed by atoms with E-state index in [0.29, 0.717) is 37.9 Å². The van der Waals surface area contributed by atoms with E-state index in [1.807, 2.05) is 48.3 Å². The number of carbonyl (C=O) groups excluding carboxylic acids is 1. The van der Waals surface area contributed by atoms with Crippen LogP contribution < -0.4 is 10.1 Å². The van der Waals surface area contributed by atoms with Gasteiger partial charge in [0.15, 0.2) is 0 Å². The Labute approximate surface area is 184 Å². The standard InChI is InChI=1S/C23H22N6O3/c1-28-12-16(11-25-28)29-6-4-19-21(29)23(32-17-5-7-31-13-17)27-20(26-19)9-14-2-3-18-15(8-14)10-24-22(18)30/h2-4,6,8,11-12,17H,5,7,9-10,13H2,1H3,(H,24,30)/t17-/m0/s1. The minimum absolute atomic E-state index is 0.0181. The van der Waals surface area contributed by atoms with E-state index in [4.69, 9.17) is 19.4 Å². The van der Waals surface area contributed by atoms with Crippen LogP contribution in [0.4, 0.5) is 0 Å². The maximum atomic E-state index is 11.8. The molecule has 0 bridgehead atoms. The van der Waals surface area contributed by atoms with Crippen LogP contribution in [0.1, 0.15) is 33.7 Å². The van der Waals surface area contributed by atoms with Gasteiger partial charge in [0.1, 0.15) is 17.4 Å². The second kappa shape index (κ2) is 7.45. The summed E-state index contributed by atoms with van der Waals surface area (Å²) in [4.78, 5) is 21.5. The molecule has 0 saturated carbocycles. The molecule has 5 heterocycles. The van der Waals surface area contributed by atoms with E-state index < -0.39 is 0 Å². The van der Waals surface area contributed by atoms with Gasteiger partial charge in [-0.3, -0.25) is 9.48 Å². The van der Waals surface area contributed by atoms with Crippen molar-refractivity contribution in [1.82, 2.24) is 29.6 Å². The Hall–Kier alpha value is -3.72. The highest BCUT2D eigenvalue weighted by molar-refractivity contribution is 5.98. The van der Waals surface area contributed by atoms with Gasteiger partial charge >= 0.3 is 0 Å². The number of ether oxygens (including phenoxy) is 2. The van der Waals surface area contributed by atoms with E-state index in [9.17, 15) is 4.79 Å². The highest BCUT2D eigenvalue weighted by Gasteiger charge is 2.23. The van der Waals surface area contributed by atoms with Gasteiger partial charge in [0.2, 0.25) is 5.88 Å². The van der Waals surface area contributed by atoms with Crippen molar-refractivity contribution < 1.29 is 14.3 Å². The van der Waals surface area contributed by atoms with Crippen LogP contribution >= 0.6 is 0 Å². The molecule has 9 nitrogen and oxygen atoms in total. The molecule has 0 spiro atoms.